The number of amides is 1. The second-order valence-corrected chi connectivity index (χ2v) is 4.45. The molecule has 2 rings (SSSR count). The first-order chi connectivity index (χ1) is 8.63. The van der Waals surface area contributed by atoms with Gasteiger partial charge in [0.25, 0.3) is 0 Å². The molecule has 7 heteroatoms. The molecule has 7 nitrogen and oxygen atoms in total. The lowest BCUT2D eigenvalue weighted by molar-refractivity contribution is -0.119. The number of piperidine rings is 1. The van der Waals surface area contributed by atoms with Crippen LogP contribution >= 0.6 is 0 Å². The summed E-state index contributed by atoms with van der Waals surface area (Å²) >= 11 is 0. The lowest BCUT2D eigenvalue weighted by Gasteiger charge is -2.35. The van der Waals surface area contributed by atoms with Crippen LogP contribution in [0.15, 0.2) is 6.20 Å². The Kier molecular flexibility index (Phi) is 3.61. The highest BCUT2D eigenvalue weighted by Crippen LogP contribution is 2.26. The third kappa shape index (κ3) is 2.35. The van der Waals surface area contributed by atoms with Gasteiger partial charge < -0.3 is 10.6 Å². The average molecular weight is 250 g/mol. The van der Waals surface area contributed by atoms with Crippen LogP contribution in [0.2, 0.25) is 0 Å². The SMILES string of the molecule is Cc1cnc(NN)nc1N1CCCCC1C(N)=O. The molecule has 0 saturated carbocycles. The van der Waals surface area contributed by atoms with Crippen molar-refractivity contribution in [1.82, 2.24) is 9.97 Å². The maximum absolute atomic E-state index is 11.5. The van der Waals surface area contributed by atoms with Gasteiger partial charge in [-0.2, -0.15) is 4.98 Å². The maximum Gasteiger partial charge on any atom is 0.240 e. The minimum absolute atomic E-state index is 0.294. The van der Waals surface area contributed by atoms with Gasteiger partial charge in [-0.3, -0.25) is 10.2 Å². The molecule has 1 amide bonds. The standard InChI is InChI=1S/C11H18N6O/c1-7-6-14-11(16-13)15-10(7)17-5-3-2-4-8(17)9(12)18/h6,8H,2-5,13H2,1H3,(H2,12,18)(H,14,15,16). The van der Waals surface area contributed by atoms with Crippen LogP contribution in [0, 0.1) is 6.92 Å². The van der Waals surface area contributed by atoms with E-state index in [1.54, 1.807) is 6.20 Å². The van der Waals surface area contributed by atoms with Crippen molar-refractivity contribution in [2.45, 2.75) is 32.2 Å². The molecule has 1 saturated heterocycles. The summed E-state index contributed by atoms with van der Waals surface area (Å²) in [6.07, 6.45) is 4.49. The molecule has 18 heavy (non-hydrogen) atoms. The number of carbonyl (C=O) groups excluding carboxylic acids is 1. The van der Waals surface area contributed by atoms with Gasteiger partial charge in [-0.25, -0.2) is 10.8 Å². The number of hydrazine groups is 1. The Bertz CT molecular complexity index is 449. The van der Waals surface area contributed by atoms with Crippen molar-refractivity contribution in [2.24, 2.45) is 11.6 Å². The highest BCUT2D eigenvalue weighted by atomic mass is 16.1. The van der Waals surface area contributed by atoms with E-state index in [0.29, 0.717) is 5.95 Å². The van der Waals surface area contributed by atoms with Crippen molar-refractivity contribution in [3.8, 4) is 0 Å². The first kappa shape index (κ1) is 12.6. The normalized spacial score (nSPS) is 19.7. The molecular formula is C11H18N6O. The number of hydrogen-bond donors (Lipinski definition) is 3. The molecular weight excluding hydrogens is 232 g/mol. The molecule has 1 aromatic rings. The number of aryl methyl sites for hydroxylation is 1. The Morgan fingerprint density at radius 3 is 3.00 bits per heavy atom. The monoisotopic (exact) mass is 250 g/mol. The van der Waals surface area contributed by atoms with Crippen LogP contribution in [0.4, 0.5) is 11.8 Å². The average Bonchev–Trinajstić information content (AvgIpc) is 2.39. The van der Waals surface area contributed by atoms with E-state index in [1.165, 1.54) is 0 Å². The Hall–Kier alpha value is -1.89. The Morgan fingerprint density at radius 2 is 2.33 bits per heavy atom. The largest absolute Gasteiger partial charge is 0.368 e. The van der Waals surface area contributed by atoms with Gasteiger partial charge in [-0.1, -0.05) is 0 Å². The number of carbonyl (C=O) groups is 1. The number of nitrogens with one attached hydrogen (secondary N) is 1. The fraction of sp³-hybridized carbons (Fsp3) is 0.545. The van der Waals surface area contributed by atoms with Gasteiger partial charge in [0.2, 0.25) is 11.9 Å². The number of primary amides is 1. The van der Waals surface area contributed by atoms with Crippen LogP contribution in [-0.2, 0) is 4.79 Å². The number of nitrogen functional groups attached to an aromatic ring is 1. The molecule has 1 fully saturated rings. The van der Waals surface area contributed by atoms with E-state index in [2.05, 4.69) is 15.4 Å². The van der Waals surface area contributed by atoms with Gasteiger partial charge in [-0.05, 0) is 26.2 Å². The maximum atomic E-state index is 11.5. The predicted molar refractivity (Wildman–Crippen MR) is 68.8 cm³/mol. The highest BCUT2D eigenvalue weighted by Gasteiger charge is 2.29. The van der Waals surface area contributed by atoms with E-state index in [0.717, 1.165) is 37.2 Å². The van der Waals surface area contributed by atoms with Crippen molar-refractivity contribution in [2.75, 3.05) is 16.9 Å². The molecule has 0 bridgehead atoms. The van der Waals surface area contributed by atoms with Crippen molar-refractivity contribution in [3.63, 3.8) is 0 Å². The van der Waals surface area contributed by atoms with Crippen LogP contribution in [0.25, 0.3) is 0 Å². The van der Waals surface area contributed by atoms with E-state index in [-0.39, 0.29) is 11.9 Å². The fourth-order valence-electron chi connectivity index (χ4n) is 2.27. The third-order valence-electron chi connectivity index (χ3n) is 3.18. The zero-order valence-corrected chi connectivity index (χ0v) is 10.4. The molecule has 1 unspecified atom stereocenters. The molecule has 5 N–H and O–H groups in total. The summed E-state index contributed by atoms with van der Waals surface area (Å²) in [6.45, 7) is 2.68. The van der Waals surface area contributed by atoms with E-state index >= 15 is 0 Å². The summed E-state index contributed by atoms with van der Waals surface area (Å²) in [5, 5.41) is 0. The summed E-state index contributed by atoms with van der Waals surface area (Å²) in [4.78, 5) is 21.8. The lowest BCUT2D eigenvalue weighted by Crippen LogP contribution is -2.48. The predicted octanol–water partition coefficient (Wildman–Crippen LogP) is -0.0852. The van der Waals surface area contributed by atoms with Crippen molar-refractivity contribution in [1.29, 1.82) is 0 Å². The second kappa shape index (κ2) is 5.18. The number of rotatable bonds is 3. The highest BCUT2D eigenvalue weighted by molar-refractivity contribution is 5.83. The molecule has 0 aromatic carbocycles. The summed E-state index contributed by atoms with van der Waals surface area (Å²) in [7, 11) is 0. The fourth-order valence-corrected chi connectivity index (χ4v) is 2.27. The molecule has 1 atom stereocenters. The summed E-state index contributed by atoms with van der Waals surface area (Å²) in [5.74, 6) is 6.06. The quantitative estimate of drug-likeness (QED) is 0.511. The minimum Gasteiger partial charge on any atom is -0.368 e. The number of hydrogen-bond acceptors (Lipinski definition) is 6. The van der Waals surface area contributed by atoms with Gasteiger partial charge in [0.05, 0.1) is 0 Å². The molecule has 0 radical (unpaired) electrons. The number of nitrogens with two attached hydrogens (primary N) is 2. The van der Waals surface area contributed by atoms with E-state index in [9.17, 15) is 4.79 Å². The number of aromatic nitrogens is 2. The third-order valence-corrected chi connectivity index (χ3v) is 3.18. The Labute approximate surface area is 106 Å². The second-order valence-electron chi connectivity index (χ2n) is 4.45. The van der Waals surface area contributed by atoms with Crippen LogP contribution < -0.4 is 21.9 Å². The molecule has 1 aliphatic heterocycles. The minimum atomic E-state index is -0.310. The first-order valence-corrected chi connectivity index (χ1v) is 5.99. The van der Waals surface area contributed by atoms with Crippen LogP contribution in [0.1, 0.15) is 24.8 Å². The zero-order chi connectivity index (χ0) is 13.1. The van der Waals surface area contributed by atoms with E-state index < -0.39 is 0 Å². The van der Waals surface area contributed by atoms with Crippen LogP contribution in [-0.4, -0.2) is 28.5 Å². The van der Waals surface area contributed by atoms with Gasteiger partial charge in [-0.15, -0.1) is 0 Å². The summed E-state index contributed by atoms with van der Waals surface area (Å²) < 4.78 is 0. The smallest absolute Gasteiger partial charge is 0.240 e. The zero-order valence-electron chi connectivity index (χ0n) is 10.4. The van der Waals surface area contributed by atoms with E-state index in [1.807, 2.05) is 11.8 Å². The summed E-state index contributed by atoms with van der Waals surface area (Å²) in [5.41, 5.74) is 8.77. The molecule has 0 spiro atoms. The Balaban J connectivity index is 2.35. The molecule has 0 aliphatic carbocycles. The van der Waals surface area contributed by atoms with Gasteiger partial charge in [0.15, 0.2) is 0 Å². The molecule has 1 aliphatic rings. The molecule has 2 heterocycles. The van der Waals surface area contributed by atoms with Crippen molar-refractivity contribution in [3.05, 3.63) is 11.8 Å². The van der Waals surface area contributed by atoms with E-state index in [4.69, 9.17) is 11.6 Å². The van der Waals surface area contributed by atoms with Gasteiger partial charge in [0.1, 0.15) is 11.9 Å². The van der Waals surface area contributed by atoms with Crippen molar-refractivity contribution >= 4 is 17.7 Å². The Morgan fingerprint density at radius 1 is 1.56 bits per heavy atom. The van der Waals surface area contributed by atoms with Gasteiger partial charge >= 0.3 is 0 Å². The van der Waals surface area contributed by atoms with Crippen LogP contribution in [0.3, 0.4) is 0 Å². The van der Waals surface area contributed by atoms with Crippen LogP contribution in [0.5, 0.6) is 0 Å². The lowest BCUT2D eigenvalue weighted by atomic mass is 10.0. The molecule has 98 valence electrons. The van der Waals surface area contributed by atoms with Gasteiger partial charge in [0, 0.05) is 18.3 Å². The topological polar surface area (TPSA) is 110 Å². The summed E-state index contributed by atoms with van der Waals surface area (Å²) in [6, 6.07) is -0.294. The molecule has 1 aromatic heterocycles. The van der Waals surface area contributed by atoms with Crippen molar-refractivity contribution < 1.29 is 4.79 Å². The number of anilines is 2. The first-order valence-electron chi connectivity index (χ1n) is 5.99. The number of nitrogens with zero attached hydrogens (tertiary/aromatic N) is 3.